The van der Waals surface area contributed by atoms with Crippen LogP contribution in [0.15, 0.2) is 41.3 Å². The third-order valence-corrected chi connectivity index (χ3v) is 7.22. The van der Waals surface area contributed by atoms with Crippen LogP contribution < -0.4 is 10.0 Å². The lowest BCUT2D eigenvalue weighted by Gasteiger charge is -2.29. The molecule has 2 aromatic rings. The van der Waals surface area contributed by atoms with Crippen molar-refractivity contribution < 1.29 is 22.8 Å². The molecule has 0 radical (unpaired) electrons. The van der Waals surface area contributed by atoms with E-state index in [1.54, 1.807) is 25.1 Å². The molecule has 0 aromatic heterocycles. The fourth-order valence-electron chi connectivity index (χ4n) is 3.73. The lowest BCUT2D eigenvalue weighted by molar-refractivity contribution is -0.136. The topological polar surface area (TPSA) is 113 Å². The Bertz CT molecular complexity index is 1190. The zero-order valence-corrected chi connectivity index (χ0v) is 17.5. The predicted molar refractivity (Wildman–Crippen MR) is 109 cm³/mol. The number of benzene rings is 2. The quantitative estimate of drug-likeness (QED) is 0.698. The van der Waals surface area contributed by atoms with E-state index in [0.29, 0.717) is 27.4 Å². The molecule has 2 aromatic carbocycles. The molecule has 2 heterocycles. The normalized spacial score (nSPS) is 18.9. The summed E-state index contributed by atoms with van der Waals surface area (Å²) in [6.07, 6.45) is 0.429. The molecule has 0 saturated carbocycles. The highest BCUT2D eigenvalue weighted by Crippen LogP contribution is 2.31. The Morgan fingerprint density at radius 3 is 2.67 bits per heavy atom. The van der Waals surface area contributed by atoms with Gasteiger partial charge in [-0.3, -0.25) is 24.4 Å². The Kier molecular flexibility index (Phi) is 5.03. The molecule has 2 aliphatic heterocycles. The fraction of sp³-hybridized carbons (Fsp3) is 0.250. The molecule has 1 fully saturated rings. The Morgan fingerprint density at radius 2 is 1.93 bits per heavy atom. The monoisotopic (exact) mass is 447 g/mol. The third-order valence-electron chi connectivity index (χ3n) is 5.28. The molecule has 2 N–H and O–H groups in total. The number of carbonyl (C=O) groups excluding carboxylic acids is 3. The maximum atomic E-state index is 12.8. The molecule has 0 bridgehead atoms. The molecular weight excluding hydrogens is 430 g/mol. The second-order valence-corrected chi connectivity index (χ2v) is 9.30. The largest absolute Gasteiger partial charge is 0.322 e. The average molecular weight is 448 g/mol. The first-order chi connectivity index (χ1) is 14.2. The summed E-state index contributed by atoms with van der Waals surface area (Å²) in [5.74, 6) is -1.17. The van der Waals surface area contributed by atoms with Crippen LogP contribution in [0.25, 0.3) is 0 Å². The third kappa shape index (κ3) is 3.54. The zero-order chi connectivity index (χ0) is 21.6. The van der Waals surface area contributed by atoms with E-state index in [0.717, 1.165) is 0 Å². The highest BCUT2D eigenvalue weighted by atomic mass is 35.5. The molecule has 3 amide bonds. The fourth-order valence-corrected chi connectivity index (χ4v) is 5.28. The van der Waals surface area contributed by atoms with Gasteiger partial charge in [0.25, 0.3) is 15.9 Å². The predicted octanol–water partition coefficient (Wildman–Crippen LogP) is 2.21. The number of amides is 3. The van der Waals surface area contributed by atoms with Gasteiger partial charge in [-0.05, 0) is 54.8 Å². The van der Waals surface area contributed by atoms with Crippen LogP contribution in [-0.4, -0.2) is 37.1 Å². The number of nitrogens with zero attached hydrogens (tertiary/aromatic N) is 1. The second-order valence-electron chi connectivity index (χ2n) is 7.24. The molecule has 1 saturated heterocycles. The van der Waals surface area contributed by atoms with Crippen LogP contribution in [0.5, 0.6) is 0 Å². The van der Waals surface area contributed by atoms with Crippen molar-refractivity contribution in [2.75, 3.05) is 4.72 Å². The standard InChI is InChI=1S/C20H18ClN3O5S/c1-11-15(21)3-2-4-17(11)30(28,29)23-13-5-6-14-12(9-13)10-24(20(14)27)16-7-8-18(25)22-19(16)26/h2-6,9,16,23H,7-8,10H2,1H3,(H,22,25,26). The number of hydrogen-bond acceptors (Lipinski definition) is 5. The molecule has 4 rings (SSSR count). The van der Waals surface area contributed by atoms with Gasteiger partial charge in [-0.15, -0.1) is 0 Å². The Balaban J connectivity index is 1.58. The van der Waals surface area contributed by atoms with E-state index in [2.05, 4.69) is 10.0 Å². The van der Waals surface area contributed by atoms with Gasteiger partial charge in [0.1, 0.15) is 6.04 Å². The van der Waals surface area contributed by atoms with Crippen molar-refractivity contribution >= 4 is 45.0 Å². The Morgan fingerprint density at radius 1 is 1.17 bits per heavy atom. The molecule has 10 heteroatoms. The summed E-state index contributed by atoms with van der Waals surface area (Å²) in [6.45, 7) is 1.78. The zero-order valence-electron chi connectivity index (χ0n) is 15.9. The van der Waals surface area contributed by atoms with E-state index in [4.69, 9.17) is 11.6 Å². The number of sulfonamides is 1. The summed E-state index contributed by atoms with van der Waals surface area (Å²) < 4.78 is 28.1. The van der Waals surface area contributed by atoms with E-state index < -0.39 is 22.0 Å². The van der Waals surface area contributed by atoms with Crippen LogP contribution in [0.2, 0.25) is 5.02 Å². The van der Waals surface area contributed by atoms with Crippen molar-refractivity contribution in [3.63, 3.8) is 0 Å². The lowest BCUT2D eigenvalue weighted by Crippen LogP contribution is -2.52. The number of carbonyl (C=O) groups is 3. The maximum Gasteiger partial charge on any atom is 0.262 e. The van der Waals surface area contributed by atoms with Crippen LogP contribution in [0, 0.1) is 6.92 Å². The van der Waals surface area contributed by atoms with Crippen LogP contribution >= 0.6 is 11.6 Å². The van der Waals surface area contributed by atoms with Crippen molar-refractivity contribution in [3.8, 4) is 0 Å². The summed E-state index contributed by atoms with van der Waals surface area (Å²) in [7, 11) is -3.88. The number of halogens is 1. The highest BCUT2D eigenvalue weighted by Gasteiger charge is 2.39. The van der Waals surface area contributed by atoms with Gasteiger partial charge in [0.2, 0.25) is 11.8 Å². The smallest absolute Gasteiger partial charge is 0.262 e. The minimum atomic E-state index is -3.88. The van der Waals surface area contributed by atoms with Gasteiger partial charge < -0.3 is 4.90 Å². The molecule has 0 aliphatic carbocycles. The van der Waals surface area contributed by atoms with Crippen LogP contribution in [-0.2, 0) is 26.2 Å². The number of hydrogen-bond donors (Lipinski definition) is 2. The van der Waals surface area contributed by atoms with Gasteiger partial charge in [-0.1, -0.05) is 17.7 Å². The summed E-state index contributed by atoms with van der Waals surface area (Å²) in [5, 5.41) is 2.59. The van der Waals surface area contributed by atoms with Gasteiger partial charge in [0.05, 0.1) is 4.90 Å². The van der Waals surface area contributed by atoms with Gasteiger partial charge in [0, 0.05) is 29.2 Å². The molecular formula is C20H18ClN3O5S. The van der Waals surface area contributed by atoms with Crippen LogP contribution in [0.4, 0.5) is 5.69 Å². The van der Waals surface area contributed by atoms with Crippen molar-refractivity contribution in [1.82, 2.24) is 10.2 Å². The van der Waals surface area contributed by atoms with Crippen molar-refractivity contribution in [1.29, 1.82) is 0 Å². The first kappa shape index (κ1) is 20.4. The van der Waals surface area contributed by atoms with Crippen molar-refractivity contribution in [2.24, 2.45) is 0 Å². The number of fused-ring (bicyclic) bond motifs is 1. The first-order valence-electron chi connectivity index (χ1n) is 9.23. The molecule has 8 nitrogen and oxygen atoms in total. The van der Waals surface area contributed by atoms with Gasteiger partial charge in [-0.25, -0.2) is 8.42 Å². The van der Waals surface area contributed by atoms with E-state index in [-0.39, 0.29) is 36.1 Å². The van der Waals surface area contributed by atoms with Crippen molar-refractivity contribution in [3.05, 3.63) is 58.1 Å². The van der Waals surface area contributed by atoms with E-state index in [1.165, 1.54) is 23.1 Å². The summed E-state index contributed by atoms with van der Waals surface area (Å²) in [5.41, 5.74) is 1.74. The van der Waals surface area contributed by atoms with E-state index in [1.807, 2.05) is 0 Å². The van der Waals surface area contributed by atoms with Gasteiger partial charge in [-0.2, -0.15) is 0 Å². The Labute approximate surface area is 178 Å². The molecule has 156 valence electrons. The molecule has 1 unspecified atom stereocenters. The summed E-state index contributed by atoms with van der Waals surface area (Å²) in [6, 6.07) is 8.52. The summed E-state index contributed by atoms with van der Waals surface area (Å²) in [4.78, 5) is 37.7. The van der Waals surface area contributed by atoms with Gasteiger partial charge in [0.15, 0.2) is 0 Å². The number of rotatable bonds is 4. The van der Waals surface area contributed by atoms with E-state index >= 15 is 0 Å². The van der Waals surface area contributed by atoms with Crippen LogP contribution in [0.1, 0.15) is 34.3 Å². The lowest BCUT2D eigenvalue weighted by atomic mass is 10.0. The number of anilines is 1. The second kappa shape index (κ2) is 7.41. The first-order valence-corrected chi connectivity index (χ1v) is 11.1. The minimum absolute atomic E-state index is 0.0664. The van der Waals surface area contributed by atoms with Crippen molar-refractivity contribution in [2.45, 2.75) is 37.2 Å². The average Bonchev–Trinajstić information content (AvgIpc) is 2.99. The molecule has 2 aliphatic rings. The van der Waals surface area contributed by atoms with E-state index in [9.17, 15) is 22.8 Å². The molecule has 1 atom stereocenters. The number of nitrogens with one attached hydrogen (secondary N) is 2. The van der Waals surface area contributed by atoms with Crippen LogP contribution in [0.3, 0.4) is 0 Å². The highest BCUT2D eigenvalue weighted by molar-refractivity contribution is 7.92. The molecule has 0 spiro atoms. The summed E-state index contributed by atoms with van der Waals surface area (Å²) >= 11 is 6.04. The maximum absolute atomic E-state index is 12.8. The molecule has 30 heavy (non-hydrogen) atoms. The number of piperidine rings is 1. The van der Waals surface area contributed by atoms with Gasteiger partial charge >= 0.3 is 0 Å². The minimum Gasteiger partial charge on any atom is -0.322 e. The number of imide groups is 1. The Hall–Kier alpha value is -2.91. The SMILES string of the molecule is Cc1c(Cl)cccc1S(=O)(=O)Nc1ccc2c(c1)CN(C1CCC(=O)NC1=O)C2=O.